The average molecular weight is 239 g/mol. The third kappa shape index (κ3) is 2.54. The summed E-state index contributed by atoms with van der Waals surface area (Å²) in [6, 6.07) is 18.9. The van der Waals surface area contributed by atoms with Crippen molar-refractivity contribution in [2.24, 2.45) is 5.73 Å². The molecule has 2 heteroatoms. The van der Waals surface area contributed by atoms with Crippen molar-refractivity contribution >= 4 is 0 Å². The normalized spacial score (nSPS) is 21.6. The maximum absolute atomic E-state index is 5.84. The number of nitrogens with two attached hydrogens (primary N) is 1. The summed E-state index contributed by atoms with van der Waals surface area (Å²) in [6.07, 6.45) is 1.12. The highest BCUT2D eigenvalue weighted by Gasteiger charge is 2.34. The van der Waals surface area contributed by atoms with E-state index in [0.29, 0.717) is 18.6 Å². The van der Waals surface area contributed by atoms with Crippen molar-refractivity contribution in [1.82, 2.24) is 0 Å². The van der Waals surface area contributed by atoms with E-state index in [1.807, 2.05) is 30.3 Å². The zero-order valence-electron chi connectivity index (χ0n) is 10.3. The van der Waals surface area contributed by atoms with Crippen molar-refractivity contribution in [2.45, 2.75) is 25.0 Å². The Labute approximate surface area is 107 Å². The van der Waals surface area contributed by atoms with E-state index in [0.717, 1.165) is 12.2 Å². The summed E-state index contributed by atoms with van der Waals surface area (Å²) in [5.74, 6) is 1.48. The van der Waals surface area contributed by atoms with E-state index in [1.165, 1.54) is 11.1 Å². The highest BCUT2D eigenvalue weighted by Crippen LogP contribution is 2.39. The molecule has 2 aromatic rings. The second-order valence-corrected chi connectivity index (χ2v) is 4.85. The van der Waals surface area contributed by atoms with Crippen LogP contribution in [-0.4, -0.2) is 6.04 Å². The first-order valence-corrected chi connectivity index (χ1v) is 6.35. The second-order valence-electron chi connectivity index (χ2n) is 4.85. The van der Waals surface area contributed by atoms with Gasteiger partial charge in [-0.2, -0.15) is 0 Å². The molecule has 92 valence electrons. The van der Waals surface area contributed by atoms with Crippen LogP contribution in [0.5, 0.6) is 5.75 Å². The predicted octanol–water partition coefficient (Wildman–Crippen LogP) is 3.08. The van der Waals surface area contributed by atoms with Gasteiger partial charge >= 0.3 is 0 Å². The molecule has 0 aromatic heterocycles. The van der Waals surface area contributed by atoms with Crippen LogP contribution in [0.4, 0.5) is 0 Å². The summed E-state index contributed by atoms with van der Waals surface area (Å²) in [7, 11) is 0. The SMILES string of the molecule is N[C@@H]1C[C@@H]1c1ccc(OCc2ccccc2)cc1. The van der Waals surface area contributed by atoms with Crippen molar-refractivity contribution in [3.8, 4) is 5.75 Å². The first-order valence-electron chi connectivity index (χ1n) is 6.35. The molecule has 18 heavy (non-hydrogen) atoms. The van der Waals surface area contributed by atoms with Gasteiger partial charge in [0.15, 0.2) is 0 Å². The molecule has 0 heterocycles. The lowest BCUT2D eigenvalue weighted by Gasteiger charge is -2.07. The minimum absolute atomic E-state index is 0.362. The van der Waals surface area contributed by atoms with E-state index in [4.69, 9.17) is 10.5 Å². The molecule has 2 aromatic carbocycles. The Balaban J connectivity index is 1.60. The van der Waals surface area contributed by atoms with Gasteiger partial charge in [-0.1, -0.05) is 42.5 Å². The molecule has 0 aliphatic heterocycles. The number of rotatable bonds is 4. The lowest BCUT2D eigenvalue weighted by molar-refractivity contribution is 0.306. The molecule has 1 fully saturated rings. The molecule has 0 saturated heterocycles. The van der Waals surface area contributed by atoms with E-state index >= 15 is 0 Å². The summed E-state index contributed by atoms with van der Waals surface area (Å²) in [4.78, 5) is 0. The van der Waals surface area contributed by atoms with Crippen LogP contribution in [0.25, 0.3) is 0 Å². The molecule has 1 saturated carbocycles. The molecule has 1 aliphatic rings. The van der Waals surface area contributed by atoms with Crippen molar-refractivity contribution in [3.63, 3.8) is 0 Å². The Hall–Kier alpha value is -1.80. The van der Waals surface area contributed by atoms with Crippen molar-refractivity contribution < 1.29 is 4.74 Å². The monoisotopic (exact) mass is 239 g/mol. The maximum Gasteiger partial charge on any atom is 0.119 e. The van der Waals surface area contributed by atoms with Crippen LogP contribution in [0.2, 0.25) is 0 Å². The Kier molecular flexibility index (Phi) is 3.03. The van der Waals surface area contributed by atoms with Gasteiger partial charge in [0.1, 0.15) is 12.4 Å². The highest BCUT2D eigenvalue weighted by molar-refractivity contribution is 5.33. The Morgan fingerprint density at radius 1 is 1.00 bits per heavy atom. The molecular formula is C16H17NO. The largest absolute Gasteiger partial charge is 0.489 e. The zero-order chi connectivity index (χ0) is 12.4. The number of hydrogen-bond acceptors (Lipinski definition) is 2. The molecule has 1 aliphatic carbocycles. The second kappa shape index (κ2) is 4.83. The third-order valence-corrected chi connectivity index (χ3v) is 3.40. The number of ether oxygens (including phenoxy) is 1. The number of benzene rings is 2. The van der Waals surface area contributed by atoms with Crippen molar-refractivity contribution in [3.05, 3.63) is 65.7 Å². The first kappa shape index (κ1) is 11.3. The van der Waals surface area contributed by atoms with E-state index in [1.54, 1.807) is 0 Å². The predicted molar refractivity (Wildman–Crippen MR) is 72.5 cm³/mol. The van der Waals surface area contributed by atoms with Crippen LogP contribution in [0.3, 0.4) is 0 Å². The van der Waals surface area contributed by atoms with Gasteiger partial charge in [-0.3, -0.25) is 0 Å². The Morgan fingerprint density at radius 2 is 1.67 bits per heavy atom. The lowest BCUT2D eigenvalue weighted by atomic mass is 10.1. The quantitative estimate of drug-likeness (QED) is 0.890. The fourth-order valence-electron chi connectivity index (χ4n) is 2.15. The Morgan fingerprint density at radius 3 is 2.28 bits per heavy atom. The van der Waals surface area contributed by atoms with Gasteiger partial charge in [-0.05, 0) is 29.7 Å². The van der Waals surface area contributed by atoms with Crippen molar-refractivity contribution in [2.75, 3.05) is 0 Å². The van der Waals surface area contributed by atoms with Gasteiger partial charge in [0, 0.05) is 12.0 Å². The maximum atomic E-state index is 5.84. The molecule has 0 amide bonds. The van der Waals surface area contributed by atoms with Gasteiger partial charge in [0.25, 0.3) is 0 Å². The molecule has 2 N–H and O–H groups in total. The Bertz CT molecular complexity index is 506. The molecule has 2 atom stereocenters. The minimum atomic E-state index is 0.362. The molecule has 0 radical (unpaired) electrons. The molecule has 0 unspecified atom stereocenters. The van der Waals surface area contributed by atoms with Gasteiger partial charge in [-0.15, -0.1) is 0 Å². The van der Waals surface area contributed by atoms with Crippen LogP contribution in [0.15, 0.2) is 54.6 Å². The topological polar surface area (TPSA) is 35.2 Å². The molecule has 0 spiro atoms. The van der Waals surface area contributed by atoms with Crippen molar-refractivity contribution in [1.29, 1.82) is 0 Å². The van der Waals surface area contributed by atoms with Crippen LogP contribution in [0.1, 0.15) is 23.5 Å². The van der Waals surface area contributed by atoms with E-state index < -0.39 is 0 Å². The van der Waals surface area contributed by atoms with Gasteiger partial charge in [0.2, 0.25) is 0 Å². The van der Waals surface area contributed by atoms with E-state index in [2.05, 4.69) is 24.3 Å². The summed E-state index contributed by atoms with van der Waals surface area (Å²) < 4.78 is 5.74. The van der Waals surface area contributed by atoms with Crippen LogP contribution >= 0.6 is 0 Å². The van der Waals surface area contributed by atoms with E-state index in [9.17, 15) is 0 Å². The molecule has 3 rings (SSSR count). The van der Waals surface area contributed by atoms with E-state index in [-0.39, 0.29) is 0 Å². The first-order chi connectivity index (χ1) is 8.83. The highest BCUT2D eigenvalue weighted by atomic mass is 16.5. The zero-order valence-corrected chi connectivity index (χ0v) is 10.3. The van der Waals surface area contributed by atoms with Crippen LogP contribution in [-0.2, 0) is 6.61 Å². The van der Waals surface area contributed by atoms with Crippen LogP contribution < -0.4 is 10.5 Å². The smallest absolute Gasteiger partial charge is 0.119 e. The number of hydrogen-bond donors (Lipinski definition) is 1. The molecular weight excluding hydrogens is 222 g/mol. The summed E-state index contributed by atoms with van der Waals surface area (Å²) in [5.41, 5.74) is 8.35. The lowest BCUT2D eigenvalue weighted by Crippen LogP contribution is -2.01. The summed E-state index contributed by atoms with van der Waals surface area (Å²) in [5, 5.41) is 0. The van der Waals surface area contributed by atoms with Gasteiger partial charge in [-0.25, -0.2) is 0 Å². The molecule has 2 nitrogen and oxygen atoms in total. The molecule has 0 bridgehead atoms. The average Bonchev–Trinajstić information content (AvgIpc) is 3.15. The van der Waals surface area contributed by atoms with Crippen LogP contribution in [0, 0.1) is 0 Å². The van der Waals surface area contributed by atoms with Gasteiger partial charge < -0.3 is 10.5 Å². The standard InChI is InChI=1S/C16H17NO/c17-16-10-15(16)13-6-8-14(9-7-13)18-11-12-4-2-1-3-5-12/h1-9,15-16H,10-11,17H2/t15-,16-/m1/s1. The van der Waals surface area contributed by atoms with Gasteiger partial charge in [0.05, 0.1) is 0 Å². The minimum Gasteiger partial charge on any atom is -0.489 e. The fraction of sp³-hybridized carbons (Fsp3) is 0.250. The third-order valence-electron chi connectivity index (χ3n) is 3.40. The summed E-state index contributed by atoms with van der Waals surface area (Å²) >= 11 is 0. The summed E-state index contributed by atoms with van der Waals surface area (Å²) in [6.45, 7) is 0.614. The fourth-order valence-corrected chi connectivity index (χ4v) is 2.15.